The zero-order valence-corrected chi connectivity index (χ0v) is 10.3. The van der Waals surface area contributed by atoms with Crippen LogP contribution in [0.25, 0.3) is 0 Å². The number of carbonyl (C=O) groups excluding carboxylic acids is 1. The summed E-state index contributed by atoms with van der Waals surface area (Å²) < 4.78 is 4.59. The number of hydrogen-bond donors (Lipinski definition) is 2. The van der Waals surface area contributed by atoms with Crippen molar-refractivity contribution in [3.8, 4) is 0 Å². The molecule has 0 aromatic carbocycles. The molecule has 0 spiro atoms. The van der Waals surface area contributed by atoms with Gasteiger partial charge in [0.15, 0.2) is 0 Å². The largest absolute Gasteiger partial charge is 0.480 e. The van der Waals surface area contributed by atoms with Crippen LogP contribution in [-0.4, -0.2) is 36.2 Å². The van der Waals surface area contributed by atoms with E-state index in [1.54, 1.807) is 0 Å². The summed E-state index contributed by atoms with van der Waals surface area (Å²) in [6.07, 6.45) is 0.997. The number of rotatable bonds is 7. The highest BCUT2D eigenvalue weighted by Crippen LogP contribution is 2.07. The van der Waals surface area contributed by atoms with Crippen molar-refractivity contribution in [2.24, 2.45) is 5.92 Å². The van der Waals surface area contributed by atoms with Crippen molar-refractivity contribution in [3.63, 3.8) is 0 Å². The fourth-order valence-electron chi connectivity index (χ4n) is 1.45. The molecule has 0 aliphatic carbocycles. The lowest BCUT2D eigenvalue weighted by Crippen LogP contribution is -2.47. The van der Waals surface area contributed by atoms with E-state index in [1.807, 2.05) is 20.8 Å². The fraction of sp³-hybridized carbons (Fsp3) is 0.818. The van der Waals surface area contributed by atoms with Gasteiger partial charge in [0.25, 0.3) is 0 Å². The van der Waals surface area contributed by atoms with Gasteiger partial charge in [0.1, 0.15) is 12.1 Å². The van der Waals surface area contributed by atoms with Gasteiger partial charge in [-0.2, -0.15) is 0 Å². The summed E-state index contributed by atoms with van der Waals surface area (Å²) >= 11 is 0. The molecule has 2 atom stereocenters. The molecule has 0 aromatic heterocycles. The zero-order valence-electron chi connectivity index (χ0n) is 10.3. The lowest BCUT2D eigenvalue weighted by molar-refractivity contribution is -0.145. The van der Waals surface area contributed by atoms with Crippen LogP contribution in [-0.2, 0) is 14.3 Å². The van der Waals surface area contributed by atoms with Crippen LogP contribution in [0.1, 0.15) is 33.6 Å². The van der Waals surface area contributed by atoms with Crippen LogP contribution in [0.15, 0.2) is 0 Å². The minimum Gasteiger partial charge on any atom is -0.480 e. The molecular weight excluding hydrogens is 210 g/mol. The van der Waals surface area contributed by atoms with Gasteiger partial charge >= 0.3 is 11.9 Å². The van der Waals surface area contributed by atoms with Gasteiger partial charge in [0.05, 0.1) is 7.11 Å². The molecule has 0 aliphatic heterocycles. The minimum atomic E-state index is -0.934. The molecule has 94 valence electrons. The molecule has 0 saturated heterocycles. The van der Waals surface area contributed by atoms with E-state index in [0.29, 0.717) is 12.8 Å². The summed E-state index contributed by atoms with van der Waals surface area (Å²) in [6.45, 7) is 5.69. The molecule has 0 radical (unpaired) electrons. The first-order valence-corrected chi connectivity index (χ1v) is 5.49. The van der Waals surface area contributed by atoms with Gasteiger partial charge < -0.3 is 9.84 Å². The third kappa shape index (κ3) is 5.11. The first kappa shape index (κ1) is 14.9. The lowest BCUT2D eigenvalue weighted by atomic mass is 10.0. The van der Waals surface area contributed by atoms with E-state index in [1.165, 1.54) is 7.11 Å². The van der Waals surface area contributed by atoms with Gasteiger partial charge in [-0.15, -0.1) is 0 Å². The number of nitrogens with one attached hydrogen (secondary N) is 1. The molecular formula is C11H21NO4. The maximum atomic E-state index is 11.3. The molecule has 0 fully saturated rings. The number of carbonyl (C=O) groups is 2. The number of esters is 1. The molecule has 2 unspecified atom stereocenters. The summed E-state index contributed by atoms with van der Waals surface area (Å²) in [7, 11) is 1.30. The van der Waals surface area contributed by atoms with E-state index in [4.69, 9.17) is 5.11 Å². The highest BCUT2D eigenvalue weighted by molar-refractivity contribution is 5.78. The Morgan fingerprint density at radius 2 is 1.88 bits per heavy atom. The third-order valence-electron chi connectivity index (χ3n) is 2.30. The Balaban J connectivity index is 4.46. The van der Waals surface area contributed by atoms with E-state index in [-0.39, 0.29) is 5.92 Å². The van der Waals surface area contributed by atoms with Crippen molar-refractivity contribution in [2.75, 3.05) is 7.11 Å². The first-order valence-electron chi connectivity index (χ1n) is 5.49. The van der Waals surface area contributed by atoms with Crippen molar-refractivity contribution >= 4 is 11.9 Å². The quantitative estimate of drug-likeness (QED) is 0.640. The average molecular weight is 231 g/mol. The highest BCUT2D eigenvalue weighted by Gasteiger charge is 2.25. The van der Waals surface area contributed by atoms with Crippen LogP contribution in [0.2, 0.25) is 0 Å². The summed E-state index contributed by atoms with van der Waals surface area (Å²) in [5.41, 5.74) is 0. The lowest BCUT2D eigenvalue weighted by Gasteiger charge is -2.21. The monoisotopic (exact) mass is 231 g/mol. The smallest absolute Gasteiger partial charge is 0.322 e. The molecule has 0 bridgehead atoms. The van der Waals surface area contributed by atoms with Crippen molar-refractivity contribution in [1.82, 2.24) is 5.32 Å². The normalized spacial score (nSPS) is 14.6. The number of ether oxygens (including phenoxy) is 1. The molecule has 0 heterocycles. The van der Waals surface area contributed by atoms with Crippen molar-refractivity contribution in [1.29, 1.82) is 0 Å². The maximum absolute atomic E-state index is 11.3. The second-order valence-corrected chi connectivity index (χ2v) is 4.17. The average Bonchev–Trinajstić information content (AvgIpc) is 2.22. The van der Waals surface area contributed by atoms with Crippen LogP contribution >= 0.6 is 0 Å². The minimum absolute atomic E-state index is 0.253. The predicted molar refractivity (Wildman–Crippen MR) is 60.1 cm³/mol. The summed E-state index contributed by atoms with van der Waals surface area (Å²) in [6, 6.07) is -1.26. The Bertz CT molecular complexity index is 240. The van der Waals surface area contributed by atoms with Crippen LogP contribution in [0.5, 0.6) is 0 Å². The molecule has 2 N–H and O–H groups in total. The van der Waals surface area contributed by atoms with Crippen molar-refractivity contribution in [3.05, 3.63) is 0 Å². The molecule has 0 rings (SSSR count). The van der Waals surface area contributed by atoms with Gasteiger partial charge in [-0.25, -0.2) is 0 Å². The predicted octanol–water partition coefficient (Wildman–Crippen LogP) is 1.03. The number of aliphatic carboxylic acids is 1. The second kappa shape index (κ2) is 7.22. The molecule has 5 heteroatoms. The Morgan fingerprint density at radius 1 is 1.31 bits per heavy atom. The van der Waals surface area contributed by atoms with Gasteiger partial charge in [0, 0.05) is 0 Å². The molecule has 0 saturated carbocycles. The van der Waals surface area contributed by atoms with E-state index in [9.17, 15) is 9.59 Å². The molecule has 0 aromatic rings. The first-order chi connectivity index (χ1) is 7.42. The SMILES string of the molecule is CCC(NC(CC(C)C)C(=O)O)C(=O)OC. The van der Waals surface area contributed by atoms with Crippen LogP contribution < -0.4 is 5.32 Å². The Morgan fingerprint density at radius 3 is 2.19 bits per heavy atom. The van der Waals surface area contributed by atoms with Gasteiger partial charge in [-0.05, 0) is 18.8 Å². The third-order valence-corrected chi connectivity index (χ3v) is 2.30. The van der Waals surface area contributed by atoms with Crippen LogP contribution in [0, 0.1) is 5.92 Å². The Kier molecular flexibility index (Phi) is 6.72. The fourth-order valence-corrected chi connectivity index (χ4v) is 1.45. The number of carboxylic acids is 1. The molecule has 16 heavy (non-hydrogen) atoms. The molecule has 5 nitrogen and oxygen atoms in total. The maximum Gasteiger partial charge on any atom is 0.322 e. The Labute approximate surface area is 96.2 Å². The van der Waals surface area contributed by atoms with E-state index >= 15 is 0 Å². The zero-order chi connectivity index (χ0) is 12.7. The summed E-state index contributed by atoms with van der Waals surface area (Å²) in [5, 5.41) is 11.8. The summed E-state index contributed by atoms with van der Waals surface area (Å²) in [4.78, 5) is 22.3. The number of carboxylic acid groups (broad SMARTS) is 1. The second-order valence-electron chi connectivity index (χ2n) is 4.17. The molecule has 0 amide bonds. The van der Waals surface area contributed by atoms with E-state index in [2.05, 4.69) is 10.1 Å². The van der Waals surface area contributed by atoms with Gasteiger partial charge in [-0.3, -0.25) is 14.9 Å². The molecule has 0 aliphatic rings. The van der Waals surface area contributed by atoms with Crippen LogP contribution in [0.4, 0.5) is 0 Å². The number of hydrogen-bond acceptors (Lipinski definition) is 4. The van der Waals surface area contributed by atoms with Crippen molar-refractivity contribution in [2.45, 2.75) is 45.7 Å². The van der Waals surface area contributed by atoms with Gasteiger partial charge in [-0.1, -0.05) is 20.8 Å². The summed E-state index contributed by atoms with van der Waals surface area (Å²) in [5.74, 6) is -1.10. The standard InChI is InChI=1S/C11H21NO4/c1-5-8(11(15)16-4)12-9(10(13)14)6-7(2)3/h7-9,12H,5-6H2,1-4H3,(H,13,14). The van der Waals surface area contributed by atoms with E-state index in [0.717, 1.165) is 0 Å². The number of methoxy groups -OCH3 is 1. The van der Waals surface area contributed by atoms with Gasteiger partial charge in [0.2, 0.25) is 0 Å². The van der Waals surface area contributed by atoms with Crippen LogP contribution in [0.3, 0.4) is 0 Å². The van der Waals surface area contributed by atoms with Crippen molar-refractivity contribution < 1.29 is 19.4 Å². The topological polar surface area (TPSA) is 75.6 Å². The van der Waals surface area contributed by atoms with E-state index < -0.39 is 24.0 Å². The highest BCUT2D eigenvalue weighted by atomic mass is 16.5. The Hall–Kier alpha value is -1.10.